The maximum Gasteiger partial charge on any atom is 0.143 e. The van der Waals surface area contributed by atoms with Crippen LogP contribution in [0.5, 0.6) is 11.5 Å². The fourth-order valence-electron chi connectivity index (χ4n) is 7.88. The van der Waals surface area contributed by atoms with Crippen LogP contribution < -0.4 is 4.90 Å². The second-order valence-corrected chi connectivity index (χ2v) is 12.8. The van der Waals surface area contributed by atoms with Crippen LogP contribution >= 0.6 is 23.2 Å². The molecule has 0 aliphatic heterocycles. The van der Waals surface area contributed by atoms with Crippen molar-refractivity contribution in [2.75, 3.05) is 11.9 Å². The number of hydrogen-bond donors (Lipinski definition) is 2. The summed E-state index contributed by atoms with van der Waals surface area (Å²) in [5, 5.41) is 22.6. The number of aromatic hydroxyl groups is 2. The summed E-state index contributed by atoms with van der Waals surface area (Å²) in [7, 11) is 2.02. The molecule has 4 fully saturated rings. The minimum atomic E-state index is -0.0486. The molecule has 4 saturated carbocycles. The predicted molar refractivity (Wildman–Crippen MR) is 157 cm³/mol. The molecule has 0 unspecified atom stereocenters. The zero-order valence-corrected chi connectivity index (χ0v) is 23.4. The molecule has 38 heavy (non-hydrogen) atoms. The highest BCUT2D eigenvalue weighted by molar-refractivity contribution is 6.36. The number of aryl methyl sites for hydroxylation is 1. The summed E-state index contributed by atoms with van der Waals surface area (Å²) in [5.74, 6) is 2.90. The molecule has 3 aromatic carbocycles. The van der Waals surface area contributed by atoms with Gasteiger partial charge < -0.3 is 15.1 Å². The van der Waals surface area contributed by atoms with Crippen LogP contribution in [0.4, 0.5) is 11.4 Å². The molecule has 4 aliphatic rings. The Morgan fingerprint density at radius 2 is 1.61 bits per heavy atom. The second-order valence-electron chi connectivity index (χ2n) is 11.9. The topological polar surface area (TPSA) is 56.1 Å². The Morgan fingerprint density at radius 1 is 0.947 bits per heavy atom. The summed E-state index contributed by atoms with van der Waals surface area (Å²) in [6, 6.07) is 15.4. The van der Waals surface area contributed by atoms with Crippen molar-refractivity contribution in [3.8, 4) is 11.5 Å². The summed E-state index contributed by atoms with van der Waals surface area (Å²) < 4.78 is 0. The lowest BCUT2D eigenvalue weighted by Crippen LogP contribution is -2.48. The van der Waals surface area contributed by atoms with Crippen molar-refractivity contribution in [1.82, 2.24) is 0 Å². The van der Waals surface area contributed by atoms with E-state index in [1.807, 2.05) is 31.3 Å². The second kappa shape index (κ2) is 9.81. The zero-order chi connectivity index (χ0) is 26.6. The van der Waals surface area contributed by atoms with Crippen LogP contribution in [0.25, 0.3) is 0 Å². The monoisotopic (exact) mass is 548 g/mol. The number of phenolic OH excluding ortho intramolecular Hbond substituents is 2. The van der Waals surface area contributed by atoms with E-state index in [1.54, 1.807) is 12.3 Å². The number of rotatable bonds is 6. The molecule has 198 valence electrons. The number of halogens is 2. The first kappa shape index (κ1) is 25.6. The average molecular weight is 550 g/mol. The molecule has 0 spiro atoms. The molecule has 0 amide bonds. The molecular weight excluding hydrogens is 515 g/mol. The maximum atomic E-state index is 11.7. The van der Waals surface area contributed by atoms with E-state index in [0.29, 0.717) is 22.9 Å². The fraction of sp³-hybridized carbons (Fsp3) is 0.406. The number of para-hydroxylation sites is 2. The van der Waals surface area contributed by atoms with Crippen molar-refractivity contribution in [3.05, 3.63) is 80.8 Å². The van der Waals surface area contributed by atoms with Gasteiger partial charge in [0.05, 0.1) is 16.4 Å². The van der Waals surface area contributed by atoms with Crippen molar-refractivity contribution in [2.45, 2.75) is 57.4 Å². The summed E-state index contributed by atoms with van der Waals surface area (Å²) in [5.41, 5.74) is 5.61. The SMILES string of the molecule is Cc1cc(CN(C)c2ccccc2N=Cc2cc(Cl)cc(Cl)c2O)c(O)c(C23CC4CC(CC(C4)C2)C3)c1. The lowest BCUT2D eigenvalue weighted by Gasteiger charge is -2.57. The van der Waals surface area contributed by atoms with Crippen LogP contribution in [-0.2, 0) is 12.0 Å². The molecule has 0 radical (unpaired) electrons. The minimum Gasteiger partial charge on any atom is -0.507 e. The van der Waals surface area contributed by atoms with Crippen molar-refractivity contribution < 1.29 is 10.2 Å². The largest absolute Gasteiger partial charge is 0.507 e. The number of hydrogen-bond acceptors (Lipinski definition) is 4. The van der Waals surface area contributed by atoms with Gasteiger partial charge >= 0.3 is 0 Å². The van der Waals surface area contributed by atoms with E-state index in [1.165, 1.54) is 55.7 Å². The highest BCUT2D eigenvalue weighted by Gasteiger charge is 2.52. The molecular formula is C32H34Cl2N2O2. The third-order valence-electron chi connectivity index (χ3n) is 9.04. The highest BCUT2D eigenvalue weighted by Crippen LogP contribution is 2.62. The van der Waals surface area contributed by atoms with Gasteiger partial charge in [-0.25, -0.2) is 0 Å². The van der Waals surface area contributed by atoms with E-state index in [-0.39, 0.29) is 16.2 Å². The van der Waals surface area contributed by atoms with Crippen LogP contribution in [0.3, 0.4) is 0 Å². The number of benzene rings is 3. The van der Waals surface area contributed by atoms with Crippen molar-refractivity contribution in [1.29, 1.82) is 0 Å². The number of anilines is 1. The first-order chi connectivity index (χ1) is 18.2. The molecule has 0 heterocycles. The van der Waals surface area contributed by atoms with Gasteiger partial charge in [0.15, 0.2) is 0 Å². The number of phenols is 2. The van der Waals surface area contributed by atoms with E-state index in [9.17, 15) is 10.2 Å². The third-order valence-corrected chi connectivity index (χ3v) is 9.55. The average Bonchev–Trinajstić information content (AvgIpc) is 2.86. The van der Waals surface area contributed by atoms with Crippen molar-refractivity contribution >= 4 is 40.8 Å². The molecule has 7 rings (SSSR count). The smallest absolute Gasteiger partial charge is 0.143 e. The van der Waals surface area contributed by atoms with Crippen LogP contribution in [0.2, 0.25) is 10.0 Å². The van der Waals surface area contributed by atoms with Gasteiger partial charge in [-0.15, -0.1) is 0 Å². The Morgan fingerprint density at radius 3 is 2.29 bits per heavy atom. The summed E-state index contributed by atoms with van der Waals surface area (Å²) >= 11 is 12.2. The number of nitrogens with zero attached hydrogens (tertiary/aromatic N) is 2. The standard InChI is InChI=1S/C32H34Cl2N2O2/c1-19-7-24(30(37)26(8-19)32-14-20-9-21(15-32)11-22(10-20)16-32)18-36(2)29-6-4-3-5-28(29)35-17-23-12-25(33)13-27(34)31(23)38/h3-8,12-13,17,20-22,37-38H,9-11,14-16,18H2,1-2H3. The van der Waals surface area contributed by atoms with Gasteiger partial charge in [0.25, 0.3) is 0 Å². The van der Waals surface area contributed by atoms with Gasteiger partial charge in [0.2, 0.25) is 0 Å². The molecule has 0 aromatic heterocycles. The molecule has 6 heteroatoms. The summed E-state index contributed by atoms with van der Waals surface area (Å²) in [6.45, 7) is 2.71. The molecule has 4 nitrogen and oxygen atoms in total. The van der Waals surface area contributed by atoms with Gasteiger partial charge in [-0.2, -0.15) is 0 Å². The lowest BCUT2D eigenvalue weighted by atomic mass is 9.48. The highest BCUT2D eigenvalue weighted by atomic mass is 35.5. The van der Waals surface area contributed by atoms with E-state index < -0.39 is 0 Å². The predicted octanol–water partition coefficient (Wildman–Crippen LogP) is 8.57. The van der Waals surface area contributed by atoms with Gasteiger partial charge in [-0.05, 0) is 92.9 Å². The van der Waals surface area contributed by atoms with Gasteiger partial charge in [0.1, 0.15) is 11.5 Å². The van der Waals surface area contributed by atoms with E-state index in [4.69, 9.17) is 23.2 Å². The normalized spacial score (nSPS) is 25.8. The van der Waals surface area contributed by atoms with Crippen LogP contribution in [0, 0.1) is 24.7 Å². The summed E-state index contributed by atoms with van der Waals surface area (Å²) in [6.07, 6.45) is 9.42. The van der Waals surface area contributed by atoms with Crippen LogP contribution in [0.1, 0.15) is 60.8 Å². The van der Waals surface area contributed by atoms with E-state index >= 15 is 0 Å². The first-order valence-corrected chi connectivity index (χ1v) is 14.3. The molecule has 0 atom stereocenters. The Labute approximate surface area is 234 Å². The van der Waals surface area contributed by atoms with Crippen LogP contribution in [0.15, 0.2) is 53.5 Å². The van der Waals surface area contributed by atoms with Crippen molar-refractivity contribution in [3.63, 3.8) is 0 Å². The first-order valence-electron chi connectivity index (χ1n) is 13.6. The summed E-state index contributed by atoms with van der Waals surface area (Å²) in [4.78, 5) is 6.78. The van der Waals surface area contributed by atoms with E-state index in [0.717, 1.165) is 34.7 Å². The fourth-order valence-corrected chi connectivity index (χ4v) is 8.39. The lowest BCUT2D eigenvalue weighted by molar-refractivity contribution is -0.00621. The molecule has 3 aromatic rings. The Kier molecular flexibility index (Phi) is 6.60. The zero-order valence-electron chi connectivity index (χ0n) is 21.9. The quantitative estimate of drug-likeness (QED) is 0.303. The van der Waals surface area contributed by atoms with Crippen LogP contribution in [-0.4, -0.2) is 23.5 Å². The molecule has 4 bridgehead atoms. The third kappa shape index (κ3) is 4.67. The Bertz CT molecular complexity index is 1380. The van der Waals surface area contributed by atoms with Gasteiger partial charge in [0, 0.05) is 41.5 Å². The Balaban J connectivity index is 1.29. The molecule has 0 saturated heterocycles. The maximum absolute atomic E-state index is 11.7. The molecule has 4 aliphatic carbocycles. The Hall–Kier alpha value is -2.69. The van der Waals surface area contributed by atoms with Gasteiger partial charge in [-0.1, -0.05) is 53.0 Å². The van der Waals surface area contributed by atoms with Gasteiger partial charge in [-0.3, -0.25) is 4.99 Å². The molecule has 2 N–H and O–H groups in total. The van der Waals surface area contributed by atoms with E-state index in [2.05, 4.69) is 28.9 Å². The van der Waals surface area contributed by atoms with Crippen molar-refractivity contribution in [2.24, 2.45) is 22.7 Å². The minimum absolute atomic E-state index is 0.0486. The number of aliphatic imine (C=N–C) groups is 1.